The fraction of sp³-hybridized carbons (Fsp3) is 0.625. The molecule has 1 aromatic rings. The van der Waals surface area contributed by atoms with E-state index >= 15 is 0 Å². The summed E-state index contributed by atoms with van der Waals surface area (Å²) in [5.41, 5.74) is 1.04. The van der Waals surface area contributed by atoms with E-state index in [4.69, 9.17) is 13.8 Å². The van der Waals surface area contributed by atoms with Gasteiger partial charge in [0.15, 0.2) is 0 Å². The second kappa shape index (κ2) is 11.6. The van der Waals surface area contributed by atoms with Gasteiger partial charge in [-0.2, -0.15) is 16.8 Å². The molecule has 0 bridgehead atoms. The first-order valence-electron chi connectivity index (χ1n) is 8.55. The van der Waals surface area contributed by atoms with Gasteiger partial charge in [0.2, 0.25) is 0 Å². The van der Waals surface area contributed by atoms with Gasteiger partial charge in [-0.25, -0.2) is 4.39 Å². The van der Waals surface area contributed by atoms with E-state index in [-0.39, 0.29) is 5.82 Å². The van der Waals surface area contributed by atoms with Crippen LogP contribution in [0.1, 0.15) is 5.56 Å². The monoisotopic (exact) mass is 520 g/mol. The molecule has 9 nitrogen and oxygen atoms in total. The van der Waals surface area contributed by atoms with Crippen LogP contribution in [0.4, 0.5) is 4.39 Å². The normalized spacial score (nSPS) is 18.7. The fourth-order valence-electron chi connectivity index (χ4n) is 2.74. The van der Waals surface area contributed by atoms with E-state index in [1.165, 1.54) is 0 Å². The van der Waals surface area contributed by atoms with Crippen molar-refractivity contribution in [2.45, 2.75) is 12.6 Å². The van der Waals surface area contributed by atoms with E-state index in [1.807, 2.05) is 6.07 Å². The SMILES string of the molecule is CS(=O)(=O)O.CS(=O)(=O)O.Fc1cc(CN2CC(N3CCOCC3)C2)ccc1Br. The smallest absolute Gasteiger partial charge is 0.261 e. The zero-order chi connectivity index (χ0) is 22.2. The third kappa shape index (κ3) is 13.3. The molecule has 2 N–H and O–H groups in total. The van der Waals surface area contributed by atoms with Crippen LogP contribution in [0.3, 0.4) is 0 Å². The lowest BCUT2D eigenvalue weighted by Crippen LogP contribution is -2.60. The van der Waals surface area contributed by atoms with Gasteiger partial charge in [-0.1, -0.05) is 6.07 Å². The second-order valence-corrected chi connectivity index (χ2v) is 10.5. The van der Waals surface area contributed by atoms with Gasteiger partial charge in [0, 0.05) is 38.8 Å². The summed E-state index contributed by atoms with van der Waals surface area (Å²) in [7, 11) is -7.33. The zero-order valence-electron chi connectivity index (χ0n) is 16.2. The van der Waals surface area contributed by atoms with Crippen molar-refractivity contribution in [3.63, 3.8) is 0 Å². The maximum atomic E-state index is 13.4. The predicted octanol–water partition coefficient (Wildman–Crippen LogP) is 1.11. The molecule has 0 atom stereocenters. The van der Waals surface area contributed by atoms with Crippen LogP contribution in [-0.2, 0) is 31.5 Å². The standard InChI is InChI=1S/C14H18BrFN2O.2CH4O3S/c15-13-2-1-11(7-14(13)16)8-17-9-12(10-17)18-3-5-19-6-4-18;2*1-5(2,3)4/h1-2,7,12H,3-6,8-10H2;2*1H3,(H,2,3,4). The highest BCUT2D eigenvalue weighted by Crippen LogP contribution is 2.21. The average Bonchev–Trinajstić information content (AvgIpc) is 2.51. The summed E-state index contributed by atoms with van der Waals surface area (Å²) < 4.78 is 71.1. The maximum Gasteiger partial charge on any atom is 0.261 e. The zero-order valence-corrected chi connectivity index (χ0v) is 19.4. The lowest BCUT2D eigenvalue weighted by molar-refractivity contribution is -0.0344. The molecule has 0 saturated carbocycles. The lowest BCUT2D eigenvalue weighted by atomic mass is 10.0. The van der Waals surface area contributed by atoms with Crippen LogP contribution in [0.15, 0.2) is 22.7 Å². The van der Waals surface area contributed by atoms with E-state index in [0.717, 1.165) is 51.5 Å². The van der Waals surface area contributed by atoms with Crippen molar-refractivity contribution in [1.82, 2.24) is 9.80 Å². The van der Waals surface area contributed by atoms with E-state index in [0.29, 0.717) is 23.0 Å². The van der Waals surface area contributed by atoms with Crippen LogP contribution in [0, 0.1) is 5.82 Å². The van der Waals surface area contributed by atoms with E-state index in [9.17, 15) is 21.2 Å². The Kier molecular flexibility index (Phi) is 10.6. The molecule has 2 heterocycles. The van der Waals surface area contributed by atoms with Crippen molar-refractivity contribution < 1.29 is 35.1 Å². The molecule has 0 amide bonds. The first-order chi connectivity index (χ1) is 13.2. The van der Waals surface area contributed by atoms with E-state index < -0.39 is 20.2 Å². The van der Waals surface area contributed by atoms with Crippen LogP contribution in [-0.4, -0.2) is 93.7 Å². The Morgan fingerprint density at radius 2 is 1.59 bits per heavy atom. The number of halogens is 2. The molecule has 2 aliphatic heterocycles. The highest BCUT2D eigenvalue weighted by atomic mass is 79.9. The molecule has 13 heteroatoms. The fourth-order valence-corrected chi connectivity index (χ4v) is 2.99. The Balaban J connectivity index is 0.000000353. The molecule has 1 aromatic carbocycles. The summed E-state index contributed by atoms with van der Waals surface area (Å²) in [4.78, 5) is 4.87. The molecule has 2 saturated heterocycles. The number of nitrogens with zero attached hydrogens (tertiary/aromatic N) is 2. The summed E-state index contributed by atoms with van der Waals surface area (Å²) in [5.74, 6) is -0.178. The van der Waals surface area contributed by atoms with Gasteiger partial charge >= 0.3 is 0 Å². The van der Waals surface area contributed by atoms with Gasteiger partial charge in [0.05, 0.1) is 30.2 Å². The minimum absolute atomic E-state index is 0.178. The summed E-state index contributed by atoms with van der Waals surface area (Å²) >= 11 is 3.18. The third-order valence-electron chi connectivity index (χ3n) is 3.89. The number of likely N-dealkylation sites (tertiary alicyclic amines) is 1. The Morgan fingerprint density at radius 3 is 2.03 bits per heavy atom. The number of ether oxygens (including phenoxy) is 1. The Labute approximate surface area is 179 Å². The highest BCUT2D eigenvalue weighted by molar-refractivity contribution is 9.10. The molecule has 168 valence electrons. The Hall–Kier alpha value is -0.670. The molecule has 0 spiro atoms. The highest BCUT2D eigenvalue weighted by Gasteiger charge is 2.32. The van der Waals surface area contributed by atoms with Crippen LogP contribution >= 0.6 is 15.9 Å². The Bertz CT molecular complexity index is 810. The molecule has 2 fully saturated rings. The van der Waals surface area contributed by atoms with Crippen molar-refractivity contribution in [2.75, 3.05) is 51.9 Å². The number of hydrogen-bond acceptors (Lipinski definition) is 7. The molecular weight excluding hydrogens is 495 g/mol. The van der Waals surface area contributed by atoms with Gasteiger partial charge in [-0.05, 0) is 33.6 Å². The summed E-state index contributed by atoms with van der Waals surface area (Å²) in [6, 6.07) is 6.04. The van der Waals surface area contributed by atoms with Crippen molar-refractivity contribution >= 4 is 36.2 Å². The predicted molar refractivity (Wildman–Crippen MR) is 111 cm³/mol. The number of benzene rings is 1. The summed E-state index contributed by atoms with van der Waals surface area (Å²) in [5, 5.41) is 0. The maximum absolute atomic E-state index is 13.4. The number of hydrogen-bond donors (Lipinski definition) is 2. The largest absolute Gasteiger partial charge is 0.379 e. The molecule has 0 unspecified atom stereocenters. The molecule has 2 aliphatic rings. The van der Waals surface area contributed by atoms with Crippen LogP contribution in [0.25, 0.3) is 0 Å². The van der Waals surface area contributed by atoms with Gasteiger partial charge in [0.1, 0.15) is 5.82 Å². The summed E-state index contributed by atoms with van der Waals surface area (Å²) in [6.45, 7) is 6.81. The molecule has 29 heavy (non-hydrogen) atoms. The minimum atomic E-state index is -3.67. The van der Waals surface area contributed by atoms with E-state index in [2.05, 4.69) is 25.7 Å². The van der Waals surface area contributed by atoms with Crippen molar-refractivity contribution in [3.05, 3.63) is 34.1 Å². The van der Waals surface area contributed by atoms with Crippen LogP contribution < -0.4 is 0 Å². The number of rotatable bonds is 3. The van der Waals surface area contributed by atoms with Gasteiger partial charge in [-0.3, -0.25) is 18.9 Å². The quantitative estimate of drug-likeness (QED) is 0.563. The molecule has 0 radical (unpaired) electrons. The van der Waals surface area contributed by atoms with Gasteiger partial charge < -0.3 is 4.74 Å². The van der Waals surface area contributed by atoms with Crippen LogP contribution in [0.5, 0.6) is 0 Å². The first kappa shape index (κ1) is 26.4. The minimum Gasteiger partial charge on any atom is -0.379 e. The Morgan fingerprint density at radius 1 is 1.10 bits per heavy atom. The molecular formula is C16H26BrFN2O7S2. The first-order valence-corrected chi connectivity index (χ1v) is 13.0. The van der Waals surface area contributed by atoms with E-state index in [1.54, 1.807) is 12.1 Å². The topological polar surface area (TPSA) is 124 Å². The molecule has 3 rings (SSSR count). The third-order valence-corrected chi connectivity index (χ3v) is 4.53. The molecule has 0 aromatic heterocycles. The number of morpholine rings is 1. The lowest BCUT2D eigenvalue weighted by Gasteiger charge is -2.46. The second-order valence-electron chi connectivity index (χ2n) is 6.71. The van der Waals surface area contributed by atoms with Crippen molar-refractivity contribution in [2.24, 2.45) is 0 Å². The van der Waals surface area contributed by atoms with Crippen molar-refractivity contribution in [1.29, 1.82) is 0 Å². The molecule has 0 aliphatic carbocycles. The van der Waals surface area contributed by atoms with Crippen molar-refractivity contribution in [3.8, 4) is 0 Å². The van der Waals surface area contributed by atoms with Crippen LogP contribution in [0.2, 0.25) is 0 Å². The van der Waals surface area contributed by atoms with Gasteiger partial charge in [-0.15, -0.1) is 0 Å². The van der Waals surface area contributed by atoms with Gasteiger partial charge in [0.25, 0.3) is 20.2 Å². The summed E-state index contributed by atoms with van der Waals surface area (Å²) in [6.07, 6.45) is 1.43. The average molecular weight is 521 g/mol.